The first-order valence-corrected chi connectivity index (χ1v) is 11.1. The lowest BCUT2D eigenvalue weighted by molar-refractivity contribution is -0.117. The fraction of sp³-hybridized carbons (Fsp3) is 0.381. The summed E-state index contributed by atoms with van der Waals surface area (Å²) in [5, 5.41) is 3.10. The van der Waals surface area contributed by atoms with Gasteiger partial charge in [0, 0.05) is 30.5 Å². The summed E-state index contributed by atoms with van der Waals surface area (Å²) in [6.45, 7) is 3.31. The quantitative estimate of drug-likeness (QED) is 0.839. The number of hydrogen-bond acceptors (Lipinski definition) is 4. The van der Waals surface area contributed by atoms with Gasteiger partial charge < -0.3 is 10.2 Å². The van der Waals surface area contributed by atoms with Crippen LogP contribution in [0.1, 0.15) is 25.3 Å². The first kappa shape index (κ1) is 19.0. The Balaban J connectivity index is 1.46. The number of nitrogens with zero attached hydrogens (tertiary/aromatic N) is 2. The number of nitrogens with one attached hydrogen (secondary N) is 1. The summed E-state index contributed by atoms with van der Waals surface area (Å²) in [5.74, 6) is -0.0229. The summed E-state index contributed by atoms with van der Waals surface area (Å²) in [7, 11) is -3.47. The van der Waals surface area contributed by atoms with Gasteiger partial charge in [-0.25, -0.2) is 8.42 Å². The van der Waals surface area contributed by atoms with E-state index in [4.69, 9.17) is 0 Å². The lowest BCUT2D eigenvalue weighted by atomic mass is 10.1. The van der Waals surface area contributed by atoms with E-state index in [1.165, 1.54) is 9.87 Å². The summed E-state index contributed by atoms with van der Waals surface area (Å²) < 4.78 is 27.0. The van der Waals surface area contributed by atoms with Gasteiger partial charge in [0.05, 0.1) is 11.4 Å². The van der Waals surface area contributed by atoms with Crippen LogP contribution in [-0.4, -0.2) is 44.3 Å². The summed E-state index contributed by atoms with van der Waals surface area (Å²) in [5.41, 5.74) is 2.78. The fourth-order valence-electron chi connectivity index (χ4n) is 4.05. The predicted molar refractivity (Wildman–Crippen MR) is 110 cm³/mol. The highest BCUT2D eigenvalue weighted by molar-refractivity contribution is 7.89. The zero-order chi connectivity index (χ0) is 19.7. The number of para-hydroxylation sites is 1. The molecule has 0 spiro atoms. The monoisotopic (exact) mass is 399 g/mol. The van der Waals surface area contributed by atoms with Crippen molar-refractivity contribution in [2.45, 2.75) is 37.1 Å². The standard InChI is InChI=1S/C21H25N3O3S/c1-16-13-17-7-2-3-10-20(17)24(16)21(25)15-22-18-8-6-9-19(14-18)28(26,27)23-11-4-5-12-23/h2-3,6-10,14,16,22H,4-5,11-13,15H2,1H3/t16-/m0/s1. The number of rotatable bonds is 5. The van der Waals surface area contributed by atoms with Gasteiger partial charge in [-0.2, -0.15) is 4.31 Å². The molecule has 0 aromatic heterocycles. The first-order valence-electron chi connectivity index (χ1n) is 9.71. The Hall–Kier alpha value is -2.38. The van der Waals surface area contributed by atoms with Gasteiger partial charge in [-0.15, -0.1) is 0 Å². The van der Waals surface area contributed by atoms with E-state index in [-0.39, 0.29) is 23.4 Å². The van der Waals surface area contributed by atoms with Crippen molar-refractivity contribution in [1.29, 1.82) is 0 Å². The molecule has 2 aromatic carbocycles. The average Bonchev–Trinajstić information content (AvgIpc) is 3.34. The van der Waals surface area contributed by atoms with Crippen molar-refractivity contribution >= 4 is 27.3 Å². The number of carbonyl (C=O) groups is 1. The molecule has 4 rings (SSSR count). The molecule has 0 unspecified atom stereocenters. The normalized spacial score (nSPS) is 19.6. The van der Waals surface area contributed by atoms with E-state index in [0.29, 0.717) is 18.8 Å². The van der Waals surface area contributed by atoms with Crippen molar-refractivity contribution in [3.63, 3.8) is 0 Å². The van der Waals surface area contributed by atoms with E-state index in [9.17, 15) is 13.2 Å². The van der Waals surface area contributed by atoms with Gasteiger partial charge in [-0.3, -0.25) is 4.79 Å². The number of carbonyl (C=O) groups excluding carboxylic acids is 1. The third-order valence-electron chi connectivity index (χ3n) is 5.46. The van der Waals surface area contributed by atoms with Gasteiger partial charge in [0.25, 0.3) is 0 Å². The highest BCUT2D eigenvalue weighted by Gasteiger charge is 2.30. The molecule has 0 bridgehead atoms. The van der Waals surface area contributed by atoms with Gasteiger partial charge in [0.2, 0.25) is 15.9 Å². The number of anilines is 2. The maximum Gasteiger partial charge on any atom is 0.246 e. The van der Waals surface area contributed by atoms with Crippen molar-refractivity contribution in [2.24, 2.45) is 0 Å². The van der Waals surface area contributed by atoms with Crippen molar-refractivity contribution in [3.05, 3.63) is 54.1 Å². The smallest absolute Gasteiger partial charge is 0.246 e. The first-order chi connectivity index (χ1) is 13.5. The van der Waals surface area contributed by atoms with Crippen LogP contribution in [0.25, 0.3) is 0 Å². The Labute approximate surface area is 166 Å². The van der Waals surface area contributed by atoms with Crippen LogP contribution in [0.2, 0.25) is 0 Å². The molecule has 1 saturated heterocycles. The second kappa shape index (κ2) is 7.56. The Morgan fingerprint density at radius 2 is 1.86 bits per heavy atom. The molecule has 1 atom stereocenters. The zero-order valence-electron chi connectivity index (χ0n) is 16.0. The van der Waals surface area contributed by atoms with Crippen LogP contribution in [0.4, 0.5) is 11.4 Å². The molecule has 0 radical (unpaired) electrons. The third-order valence-corrected chi connectivity index (χ3v) is 7.35. The van der Waals surface area contributed by atoms with Crippen LogP contribution in [-0.2, 0) is 21.2 Å². The van der Waals surface area contributed by atoms with E-state index in [1.54, 1.807) is 24.3 Å². The number of amides is 1. The molecule has 2 aliphatic heterocycles. The summed E-state index contributed by atoms with van der Waals surface area (Å²) in [6.07, 6.45) is 2.66. The molecule has 0 saturated carbocycles. The lowest BCUT2D eigenvalue weighted by Crippen LogP contribution is -2.39. The van der Waals surface area contributed by atoms with Crippen LogP contribution < -0.4 is 10.2 Å². The van der Waals surface area contributed by atoms with Crippen LogP contribution >= 0.6 is 0 Å². The molecule has 2 aliphatic rings. The highest BCUT2D eigenvalue weighted by Crippen LogP contribution is 2.32. The molecule has 1 amide bonds. The Morgan fingerprint density at radius 3 is 2.64 bits per heavy atom. The van der Waals surface area contributed by atoms with Crippen molar-refractivity contribution in [2.75, 3.05) is 29.9 Å². The molecular formula is C21H25N3O3S. The summed E-state index contributed by atoms with van der Waals surface area (Å²) >= 11 is 0. The van der Waals surface area contributed by atoms with E-state index < -0.39 is 10.0 Å². The molecule has 28 heavy (non-hydrogen) atoms. The fourth-order valence-corrected chi connectivity index (χ4v) is 5.62. The predicted octanol–water partition coefficient (Wildman–Crippen LogP) is 2.86. The molecular weight excluding hydrogens is 374 g/mol. The van der Waals surface area contributed by atoms with E-state index >= 15 is 0 Å². The largest absolute Gasteiger partial charge is 0.376 e. The Bertz CT molecular complexity index is 984. The van der Waals surface area contributed by atoms with Crippen molar-refractivity contribution < 1.29 is 13.2 Å². The van der Waals surface area contributed by atoms with Gasteiger partial charge in [0.1, 0.15) is 0 Å². The average molecular weight is 400 g/mol. The topological polar surface area (TPSA) is 69.7 Å². The number of fused-ring (bicyclic) bond motifs is 1. The number of sulfonamides is 1. The third kappa shape index (κ3) is 3.52. The van der Waals surface area contributed by atoms with E-state index in [2.05, 4.69) is 11.4 Å². The molecule has 2 heterocycles. The van der Waals surface area contributed by atoms with Crippen LogP contribution in [0.3, 0.4) is 0 Å². The minimum Gasteiger partial charge on any atom is -0.376 e. The Kier molecular flexibility index (Phi) is 5.12. The summed E-state index contributed by atoms with van der Waals surface area (Å²) in [4.78, 5) is 14.9. The molecule has 148 valence electrons. The molecule has 0 aliphatic carbocycles. The highest BCUT2D eigenvalue weighted by atomic mass is 32.2. The van der Waals surface area contributed by atoms with Crippen LogP contribution in [0.15, 0.2) is 53.4 Å². The zero-order valence-corrected chi connectivity index (χ0v) is 16.8. The van der Waals surface area contributed by atoms with Gasteiger partial charge in [-0.1, -0.05) is 24.3 Å². The number of benzene rings is 2. The molecule has 6 nitrogen and oxygen atoms in total. The molecule has 1 N–H and O–H groups in total. The van der Waals surface area contributed by atoms with Crippen molar-refractivity contribution in [3.8, 4) is 0 Å². The minimum absolute atomic E-state index is 0.0229. The second-order valence-corrected chi connectivity index (χ2v) is 9.38. The maximum atomic E-state index is 12.8. The lowest BCUT2D eigenvalue weighted by Gasteiger charge is -2.23. The molecule has 7 heteroatoms. The van der Waals surface area contributed by atoms with Crippen molar-refractivity contribution in [1.82, 2.24) is 4.31 Å². The molecule has 2 aromatic rings. The minimum atomic E-state index is -3.47. The number of hydrogen-bond donors (Lipinski definition) is 1. The Morgan fingerprint density at radius 1 is 1.11 bits per heavy atom. The van der Waals surface area contributed by atoms with Crippen LogP contribution in [0.5, 0.6) is 0 Å². The molecule has 1 fully saturated rings. The van der Waals surface area contributed by atoms with Gasteiger partial charge in [0.15, 0.2) is 0 Å². The van der Waals surface area contributed by atoms with Gasteiger partial charge in [-0.05, 0) is 56.0 Å². The van der Waals surface area contributed by atoms with E-state index in [1.807, 2.05) is 30.0 Å². The maximum absolute atomic E-state index is 12.8. The second-order valence-electron chi connectivity index (χ2n) is 7.44. The van der Waals surface area contributed by atoms with E-state index in [0.717, 1.165) is 24.9 Å². The SMILES string of the molecule is C[C@H]1Cc2ccccc2N1C(=O)CNc1cccc(S(=O)(=O)N2CCCC2)c1. The summed E-state index contributed by atoms with van der Waals surface area (Å²) in [6, 6.07) is 14.8. The van der Waals surface area contributed by atoms with Crippen LogP contribution in [0, 0.1) is 0 Å². The van der Waals surface area contributed by atoms with Gasteiger partial charge >= 0.3 is 0 Å².